The zero-order valence-corrected chi connectivity index (χ0v) is 22.6. The first-order chi connectivity index (χ1) is 15.5. The first kappa shape index (κ1) is 27.5. The van der Waals surface area contributed by atoms with Gasteiger partial charge < -0.3 is 20.3 Å². The second-order valence-corrected chi connectivity index (χ2v) is 8.84. The Balaban J connectivity index is 0.00000385. The molecule has 0 radical (unpaired) electrons. The molecule has 1 heterocycles. The molecule has 33 heavy (non-hydrogen) atoms. The van der Waals surface area contributed by atoms with E-state index in [4.69, 9.17) is 9.73 Å². The van der Waals surface area contributed by atoms with E-state index in [9.17, 15) is 4.39 Å². The summed E-state index contributed by atoms with van der Waals surface area (Å²) in [6.07, 6.45) is 2.30. The monoisotopic (exact) mass is 568 g/mol. The van der Waals surface area contributed by atoms with Gasteiger partial charge in [-0.15, -0.1) is 24.0 Å². The number of halogens is 2. The van der Waals surface area contributed by atoms with Gasteiger partial charge in [0.2, 0.25) is 0 Å². The fourth-order valence-electron chi connectivity index (χ4n) is 4.11. The maximum atomic E-state index is 14.1. The largest absolute Gasteiger partial charge is 0.373 e. The van der Waals surface area contributed by atoms with E-state index in [0.29, 0.717) is 24.6 Å². The lowest BCUT2D eigenvalue weighted by Crippen LogP contribution is -2.42. The molecule has 2 aromatic rings. The second-order valence-electron chi connectivity index (χ2n) is 8.84. The Labute approximate surface area is 215 Å². The van der Waals surface area contributed by atoms with E-state index >= 15 is 0 Å². The Kier molecular flexibility index (Phi) is 11.6. The highest BCUT2D eigenvalue weighted by molar-refractivity contribution is 14.0. The SMILES string of the molecule is CCNC(=NCc1ccc(F)c(CN(C)C)c1)NCC1CCCOC1c1ccc(C)cc1.I. The average molecular weight is 569 g/mol. The van der Waals surface area contributed by atoms with Gasteiger partial charge in [0, 0.05) is 37.7 Å². The van der Waals surface area contributed by atoms with E-state index in [1.54, 1.807) is 0 Å². The summed E-state index contributed by atoms with van der Waals surface area (Å²) in [5, 5.41) is 6.84. The minimum absolute atomic E-state index is 0. The van der Waals surface area contributed by atoms with Crippen LogP contribution in [0, 0.1) is 18.7 Å². The third-order valence-corrected chi connectivity index (χ3v) is 5.74. The van der Waals surface area contributed by atoms with E-state index in [-0.39, 0.29) is 35.9 Å². The summed E-state index contributed by atoms with van der Waals surface area (Å²) in [5.74, 6) is 0.989. The molecule has 0 spiro atoms. The highest BCUT2D eigenvalue weighted by Crippen LogP contribution is 2.33. The summed E-state index contributed by atoms with van der Waals surface area (Å²) >= 11 is 0. The molecule has 1 aliphatic heterocycles. The lowest BCUT2D eigenvalue weighted by atomic mass is 9.89. The topological polar surface area (TPSA) is 48.9 Å². The van der Waals surface area contributed by atoms with Crippen LogP contribution in [-0.4, -0.2) is 44.7 Å². The zero-order chi connectivity index (χ0) is 22.9. The Morgan fingerprint density at radius 1 is 1.15 bits per heavy atom. The first-order valence-electron chi connectivity index (χ1n) is 11.6. The van der Waals surface area contributed by atoms with Crippen molar-refractivity contribution < 1.29 is 9.13 Å². The predicted molar refractivity (Wildman–Crippen MR) is 145 cm³/mol. The normalized spacial score (nSPS) is 18.7. The molecular weight excluding hydrogens is 530 g/mol. The fourth-order valence-corrected chi connectivity index (χ4v) is 4.11. The van der Waals surface area contributed by atoms with Gasteiger partial charge in [0.05, 0.1) is 12.6 Å². The van der Waals surface area contributed by atoms with Crippen molar-refractivity contribution in [2.75, 3.05) is 33.8 Å². The van der Waals surface area contributed by atoms with E-state index in [0.717, 1.165) is 44.1 Å². The van der Waals surface area contributed by atoms with Crippen molar-refractivity contribution in [2.45, 2.75) is 45.9 Å². The van der Waals surface area contributed by atoms with Crippen molar-refractivity contribution >= 4 is 29.9 Å². The van der Waals surface area contributed by atoms with Crippen molar-refractivity contribution in [2.24, 2.45) is 10.9 Å². The number of ether oxygens (including phenoxy) is 1. The second kappa shape index (κ2) is 13.9. The van der Waals surface area contributed by atoms with Crippen LogP contribution in [0.25, 0.3) is 0 Å². The Morgan fingerprint density at radius 3 is 2.61 bits per heavy atom. The Hall–Kier alpha value is -1.71. The van der Waals surface area contributed by atoms with Crippen molar-refractivity contribution in [3.8, 4) is 0 Å². The molecule has 2 aromatic carbocycles. The molecule has 1 saturated heterocycles. The van der Waals surface area contributed by atoms with Crippen molar-refractivity contribution in [1.82, 2.24) is 15.5 Å². The number of guanidine groups is 1. The van der Waals surface area contributed by atoms with Crippen LogP contribution in [0.2, 0.25) is 0 Å². The van der Waals surface area contributed by atoms with Crippen LogP contribution in [0.4, 0.5) is 4.39 Å². The standard InChI is InChI=1S/C26H37FN4O.HI/c1-5-28-26(29-16-20-10-13-24(27)23(15-20)18-31(3)4)30-17-22-7-6-14-32-25(22)21-11-8-19(2)9-12-21;/h8-13,15,22,25H,5-7,14,16-18H2,1-4H3,(H2,28,29,30);1H. The molecule has 3 rings (SSSR count). The molecule has 0 bridgehead atoms. The predicted octanol–water partition coefficient (Wildman–Crippen LogP) is 5.04. The highest BCUT2D eigenvalue weighted by Gasteiger charge is 2.27. The maximum absolute atomic E-state index is 14.1. The van der Waals surface area contributed by atoms with Gasteiger partial charge in [-0.2, -0.15) is 0 Å². The number of rotatable bonds is 8. The van der Waals surface area contributed by atoms with E-state index in [1.165, 1.54) is 17.2 Å². The molecule has 7 heteroatoms. The highest BCUT2D eigenvalue weighted by atomic mass is 127. The van der Waals surface area contributed by atoms with Gasteiger partial charge in [-0.3, -0.25) is 0 Å². The van der Waals surface area contributed by atoms with Gasteiger partial charge in [-0.1, -0.05) is 35.9 Å². The lowest BCUT2D eigenvalue weighted by molar-refractivity contribution is -0.0265. The molecule has 1 aliphatic rings. The molecule has 0 saturated carbocycles. The summed E-state index contributed by atoms with van der Waals surface area (Å²) in [4.78, 5) is 6.71. The molecule has 2 N–H and O–H groups in total. The number of aryl methyl sites for hydroxylation is 1. The van der Waals surface area contributed by atoms with Crippen molar-refractivity contribution in [3.05, 3.63) is 70.5 Å². The fraction of sp³-hybridized carbons (Fsp3) is 0.500. The third kappa shape index (κ3) is 8.54. The molecular formula is C26H38FIN4O. The van der Waals surface area contributed by atoms with Crippen LogP contribution in [0.5, 0.6) is 0 Å². The van der Waals surface area contributed by atoms with Gasteiger partial charge >= 0.3 is 0 Å². The minimum atomic E-state index is -0.170. The summed E-state index contributed by atoms with van der Waals surface area (Å²) in [7, 11) is 3.88. The van der Waals surface area contributed by atoms with Gasteiger partial charge in [-0.05, 0) is 64.0 Å². The molecule has 2 unspecified atom stereocenters. The minimum Gasteiger partial charge on any atom is -0.373 e. The lowest BCUT2D eigenvalue weighted by Gasteiger charge is -2.32. The molecule has 0 amide bonds. The number of hydrogen-bond acceptors (Lipinski definition) is 3. The van der Waals surface area contributed by atoms with Crippen molar-refractivity contribution in [3.63, 3.8) is 0 Å². The third-order valence-electron chi connectivity index (χ3n) is 5.74. The number of hydrogen-bond donors (Lipinski definition) is 2. The van der Waals surface area contributed by atoms with Gasteiger partial charge in [0.15, 0.2) is 5.96 Å². The number of nitrogens with zero attached hydrogens (tertiary/aromatic N) is 2. The summed E-state index contributed by atoms with van der Waals surface area (Å²) in [6, 6.07) is 13.9. The molecule has 2 atom stereocenters. The van der Waals surface area contributed by atoms with Gasteiger partial charge in [0.1, 0.15) is 5.82 Å². The van der Waals surface area contributed by atoms with Crippen LogP contribution in [0.3, 0.4) is 0 Å². The van der Waals surface area contributed by atoms with E-state index < -0.39 is 0 Å². The van der Waals surface area contributed by atoms with Crippen LogP contribution >= 0.6 is 24.0 Å². The average Bonchev–Trinajstić information content (AvgIpc) is 2.78. The molecule has 0 aromatic heterocycles. The van der Waals surface area contributed by atoms with Crippen LogP contribution in [0.15, 0.2) is 47.5 Å². The molecule has 5 nitrogen and oxygen atoms in total. The molecule has 0 aliphatic carbocycles. The number of aliphatic imine (C=N–C) groups is 1. The number of benzene rings is 2. The summed E-state index contributed by atoms with van der Waals surface area (Å²) < 4.78 is 20.2. The zero-order valence-electron chi connectivity index (χ0n) is 20.2. The van der Waals surface area contributed by atoms with Gasteiger partial charge in [0.25, 0.3) is 0 Å². The van der Waals surface area contributed by atoms with E-state index in [2.05, 4.69) is 48.7 Å². The van der Waals surface area contributed by atoms with Crippen LogP contribution in [-0.2, 0) is 17.8 Å². The maximum Gasteiger partial charge on any atom is 0.191 e. The Morgan fingerprint density at radius 2 is 1.91 bits per heavy atom. The first-order valence-corrected chi connectivity index (χ1v) is 11.6. The van der Waals surface area contributed by atoms with Crippen LogP contribution in [0.1, 0.15) is 48.1 Å². The van der Waals surface area contributed by atoms with Gasteiger partial charge in [-0.25, -0.2) is 9.38 Å². The quantitative estimate of drug-likeness (QED) is 0.266. The van der Waals surface area contributed by atoms with Crippen LogP contribution < -0.4 is 10.6 Å². The summed E-state index contributed by atoms with van der Waals surface area (Å²) in [6.45, 7) is 7.62. The molecule has 1 fully saturated rings. The molecule has 182 valence electrons. The van der Waals surface area contributed by atoms with E-state index in [1.807, 2.05) is 31.1 Å². The smallest absolute Gasteiger partial charge is 0.191 e. The van der Waals surface area contributed by atoms with Crippen molar-refractivity contribution in [1.29, 1.82) is 0 Å². The summed E-state index contributed by atoms with van der Waals surface area (Å²) in [5.41, 5.74) is 4.19. The number of nitrogens with one attached hydrogen (secondary N) is 2. The Bertz CT molecular complexity index is 888.